The quantitative estimate of drug-likeness (QED) is 0.831. The summed E-state index contributed by atoms with van der Waals surface area (Å²) in [6.45, 7) is 6.72. The van der Waals surface area contributed by atoms with Gasteiger partial charge in [0.1, 0.15) is 0 Å². The van der Waals surface area contributed by atoms with Crippen molar-refractivity contribution in [3.05, 3.63) is 24.8 Å². The van der Waals surface area contributed by atoms with E-state index < -0.39 is 0 Å². The molecule has 0 radical (unpaired) electrons. The number of anilines is 2. The van der Waals surface area contributed by atoms with Crippen molar-refractivity contribution >= 4 is 11.6 Å². The van der Waals surface area contributed by atoms with E-state index >= 15 is 0 Å². The third-order valence-corrected chi connectivity index (χ3v) is 2.69. The fraction of sp³-hybridized carbons (Fsp3) is 0.538. The van der Waals surface area contributed by atoms with Crippen LogP contribution in [0.2, 0.25) is 0 Å². The second kappa shape index (κ2) is 6.38. The molecule has 0 saturated heterocycles. The SMILES string of the molecule is COCCn1cc(Nc2nccn2CC(C)C)cn1. The third-order valence-electron chi connectivity index (χ3n) is 2.69. The number of aromatic nitrogens is 4. The minimum absolute atomic E-state index is 0.583. The summed E-state index contributed by atoms with van der Waals surface area (Å²) in [6, 6.07) is 0. The number of hydrogen-bond acceptors (Lipinski definition) is 4. The topological polar surface area (TPSA) is 56.9 Å². The van der Waals surface area contributed by atoms with Crippen LogP contribution >= 0.6 is 0 Å². The predicted molar refractivity (Wildman–Crippen MR) is 74.5 cm³/mol. The first kappa shape index (κ1) is 13.6. The molecule has 6 nitrogen and oxygen atoms in total. The van der Waals surface area contributed by atoms with Crippen molar-refractivity contribution in [2.24, 2.45) is 5.92 Å². The number of nitrogens with zero attached hydrogens (tertiary/aromatic N) is 4. The second-order valence-corrected chi connectivity index (χ2v) is 4.91. The summed E-state index contributed by atoms with van der Waals surface area (Å²) in [5, 5.41) is 7.54. The fourth-order valence-corrected chi connectivity index (χ4v) is 1.84. The van der Waals surface area contributed by atoms with Gasteiger partial charge >= 0.3 is 0 Å². The van der Waals surface area contributed by atoms with E-state index in [9.17, 15) is 0 Å². The van der Waals surface area contributed by atoms with Crippen LogP contribution in [0.25, 0.3) is 0 Å². The highest BCUT2D eigenvalue weighted by Gasteiger charge is 2.06. The average molecular weight is 263 g/mol. The highest BCUT2D eigenvalue weighted by Crippen LogP contribution is 2.15. The molecular weight excluding hydrogens is 242 g/mol. The summed E-state index contributed by atoms with van der Waals surface area (Å²) in [7, 11) is 1.69. The van der Waals surface area contributed by atoms with Crippen LogP contribution in [-0.2, 0) is 17.8 Å². The Balaban J connectivity index is 2.00. The van der Waals surface area contributed by atoms with E-state index in [0.29, 0.717) is 12.5 Å². The van der Waals surface area contributed by atoms with Crippen molar-refractivity contribution in [2.45, 2.75) is 26.9 Å². The monoisotopic (exact) mass is 263 g/mol. The Labute approximate surface area is 113 Å². The summed E-state index contributed by atoms with van der Waals surface area (Å²) < 4.78 is 8.98. The Morgan fingerprint density at radius 1 is 1.42 bits per heavy atom. The summed E-state index contributed by atoms with van der Waals surface area (Å²) in [4.78, 5) is 4.33. The van der Waals surface area contributed by atoms with Gasteiger partial charge in [-0.05, 0) is 5.92 Å². The van der Waals surface area contributed by atoms with Crippen molar-refractivity contribution < 1.29 is 4.74 Å². The molecule has 0 aliphatic carbocycles. The maximum Gasteiger partial charge on any atom is 0.207 e. The zero-order valence-electron chi connectivity index (χ0n) is 11.7. The molecule has 1 N–H and O–H groups in total. The van der Waals surface area contributed by atoms with Gasteiger partial charge in [-0.2, -0.15) is 5.10 Å². The number of imidazole rings is 1. The predicted octanol–water partition coefficient (Wildman–Crippen LogP) is 2.13. The molecule has 0 saturated carbocycles. The van der Waals surface area contributed by atoms with Gasteiger partial charge in [0, 0.05) is 32.2 Å². The largest absolute Gasteiger partial charge is 0.383 e. The van der Waals surface area contributed by atoms with E-state index in [1.165, 1.54) is 0 Å². The number of hydrogen-bond donors (Lipinski definition) is 1. The smallest absolute Gasteiger partial charge is 0.207 e. The van der Waals surface area contributed by atoms with Crippen molar-refractivity contribution in [3.8, 4) is 0 Å². The summed E-state index contributed by atoms with van der Waals surface area (Å²) in [6.07, 6.45) is 7.54. The summed E-state index contributed by atoms with van der Waals surface area (Å²) >= 11 is 0. The van der Waals surface area contributed by atoms with Gasteiger partial charge < -0.3 is 14.6 Å². The zero-order chi connectivity index (χ0) is 13.7. The molecule has 0 aliphatic rings. The molecule has 0 aliphatic heterocycles. The highest BCUT2D eigenvalue weighted by atomic mass is 16.5. The Kier molecular flexibility index (Phi) is 4.57. The molecule has 0 bridgehead atoms. The van der Waals surface area contributed by atoms with Crippen molar-refractivity contribution in [3.63, 3.8) is 0 Å². The second-order valence-electron chi connectivity index (χ2n) is 4.91. The zero-order valence-corrected chi connectivity index (χ0v) is 11.7. The normalized spacial score (nSPS) is 11.2. The molecule has 0 fully saturated rings. The molecule has 0 unspecified atom stereocenters. The van der Waals surface area contributed by atoms with Gasteiger partial charge in [0.25, 0.3) is 0 Å². The van der Waals surface area contributed by atoms with E-state index in [1.807, 2.05) is 17.1 Å². The van der Waals surface area contributed by atoms with Crippen LogP contribution in [0.4, 0.5) is 11.6 Å². The minimum Gasteiger partial charge on any atom is -0.383 e. The lowest BCUT2D eigenvalue weighted by Crippen LogP contribution is -2.07. The molecule has 19 heavy (non-hydrogen) atoms. The average Bonchev–Trinajstić information content (AvgIpc) is 2.97. The van der Waals surface area contributed by atoms with Crippen LogP contribution in [0.3, 0.4) is 0 Å². The standard InChI is InChI=1S/C13H21N5O/c1-11(2)9-17-5-4-14-13(17)16-12-8-15-18(10-12)6-7-19-3/h4-5,8,10-11H,6-7,9H2,1-3H3,(H,14,16). The van der Waals surface area contributed by atoms with Crippen LogP contribution in [-0.4, -0.2) is 33.0 Å². The number of ether oxygens (including phenoxy) is 1. The van der Waals surface area contributed by atoms with Crippen LogP contribution < -0.4 is 5.32 Å². The Hall–Kier alpha value is -1.82. The maximum absolute atomic E-state index is 5.03. The van der Waals surface area contributed by atoms with Crippen molar-refractivity contribution in [2.75, 3.05) is 19.0 Å². The van der Waals surface area contributed by atoms with Crippen LogP contribution in [0.5, 0.6) is 0 Å². The van der Waals surface area contributed by atoms with Crippen LogP contribution in [0.1, 0.15) is 13.8 Å². The molecule has 2 rings (SSSR count). The first-order chi connectivity index (χ1) is 9.19. The fourth-order valence-electron chi connectivity index (χ4n) is 1.84. The number of nitrogens with one attached hydrogen (secondary N) is 1. The van der Waals surface area contributed by atoms with Gasteiger partial charge in [-0.15, -0.1) is 0 Å². The van der Waals surface area contributed by atoms with Crippen LogP contribution in [0, 0.1) is 5.92 Å². The molecule has 104 valence electrons. The molecule has 0 aromatic carbocycles. The number of methoxy groups -OCH3 is 1. The van der Waals surface area contributed by atoms with Gasteiger partial charge in [0.2, 0.25) is 5.95 Å². The Morgan fingerprint density at radius 2 is 2.26 bits per heavy atom. The minimum atomic E-state index is 0.583. The van der Waals surface area contributed by atoms with E-state index in [0.717, 1.165) is 24.7 Å². The van der Waals surface area contributed by atoms with E-state index in [4.69, 9.17) is 4.74 Å². The van der Waals surface area contributed by atoms with Crippen molar-refractivity contribution in [1.82, 2.24) is 19.3 Å². The Bertz CT molecular complexity index is 503. The highest BCUT2D eigenvalue weighted by molar-refractivity contribution is 5.50. The van der Waals surface area contributed by atoms with Gasteiger partial charge in [0.05, 0.1) is 25.0 Å². The molecule has 0 atom stereocenters. The number of rotatable bonds is 7. The lowest BCUT2D eigenvalue weighted by molar-refractivity contribution is 0.183. The van der Waals surface area contributed by atoms with Gasteiger partial charge in [-0.25, -0.2) is 4.98 Å². The Morgan fingerprint density at radius 3 is 3.00 bits per heavy atom. The van der Waals surface area contributed by atoms with Gasteiger partial charge in [-0.3, -0.25) is 4.68 Å². The molecule has 2 aromatic rings. The summed E-state index contributed by atoms with van der Waals surface area (Å²) in [5.41, 5.74) is 0.937. The molecule has 2 heterocycles. The lowest BCUT2D eigenvalue weighted by Gasteiger charge is -2.10. The molecular formula is C13H21N5O. The molecule has 6 heteroatoms. The van der Waals surface area contributed by atoms with Crippen LogP contribution in [0.15, 0.2) is 24.8 Å². The summed E-state index contributed by atoms with van der Waals surface area (Å²) in [5.74, 6) is 1.43. The van der Waals surface area contributed by atoms with Crippen molar-refractivity contribution in [1.29, 1.82) is 0 Å². The van der Waals surface area contributed by atoms with Gasteiger partial charge in [0.15, 0.2) is 0 Å². The molecule has 2 aromatic heterocycles. The maximum atomic E-state index is 5.03. The lowest BCUT2D eigenvalue weighted by atomic mass is 10.2. The van der Waals surface area contributed by atoms with E-state index in [1.54, 1.807) is 19.5 Å². The van der Waals surface area contributed by atoms with E-state index in [2.05, 4.69) is 33.8 Å². The first-order valence-electron chi connectivity index (χ1n) is 6.48. The first-order valence-corrected chi connectivity index (χ1v) is 6.48. The molecule has 0 amide bonds. The third kappa shape index (κ3) is 3.82. The van der Waals surface area contributed by atoms with E-state index in [-0.39, 0.29) is 0 Å². The van der Waals surface area contributed by atoms with Gasteiger partial charge in [-0.1, -0.05) is 13.8 Å². The molecule has 0 spiro atoms.